The third-order valence-corrected chi connectivity index (χ3v) is 11.8. The van der Waals surface area contributed by atoms with Gasteiger partial charge in [0.2, 0.25) is 0 Å². The molecule has 0 aliphatic carbocycles. The third kappa shape index (κ3) is 3.81. The Balaban J connectivity index is 1.05. The summed E-state index contributed by atoms with van der Waals surface area (Å²) in [5.41, 5.74) is 12.1. The van der Waals surface area contributed by atoms with Crippen LogP contribution in [0.4, 0.5) is 0 Å². The average Bonchev–Trinajstić information content (AvgIpc) is 3.95. The molecule has 0 fully saturated rings. The number of nitrogens with zero attached hydrogens (tertiary/aromatic N) is 4. The van der Waals surface area contributed by atoms with E-state index in [0.29, 0.717) is 0 Å². The molecule has 0 aliphatic rings. The molecule has 12 rings (SSSR count). The van der Waals surface area contributed by atoms with Crippen LogP contribution in [-0.4, -0.2) is 19.1 Å². The smallest absolute Gasteiger partial charge is 0.153 e. The summed E-state index contributed by atoms with van der Waals surface area (Å²) in [5, 5.41) is 8.29. The van der Waals surface area contributed by atoms with E-state index in [1.54, 1.807) is 6.20 Å². The molecule has 0 atom stereocenters. The summed E-state index contributed by atoms with van der Waals surface area (Å²) >= 11 is 1.81. The van der Waals surface area contributed by atoms with Gasteiger partial charge in [-0.1, -0.05) is 60.7 Å². The zero-order chi connectivity index (χ0) is 33.9. The van der Waals surface area contributed by atoms with Gasteiger partial charge in [0.1, 0.15) is 5.58 Å². The maximum absolute atomic E-state index is 6.10. The Morgan fingerprint density at radius 1 is 0.481 bits per heavy atom. The van der Waals surface area contributed by atoms with Gasteiger partial charge in [-0.15, -0.1) is 11.3 Å². The van der Waals surface area contributed by atoms with Crippen molar-refractivity contribution in [3.63, 3.8) is 0 Å². The first-order chi connectivity index (χ1) is 25.8. The Hall–Kier alpha value is -6.76. The van der Waals surface area contributed by atoms with Crippen molar-refractivity contribution in [2.45, 2.75) is 0 Å². The maximum atomic E-state index is 6.10. The zero-order valence-corrected chi connectivity index (χ0v) is 28.4. The highest BCUT2D eigenvalue weighted by molar-refractivity contribution is 7.26. The molecule has 0 amide bonds. The first-order valence-corrected chi connectivity index (χ1v) is 18.2. The molecular weight excluding hydrogens is 657 g/mol. The maximum Gasteiger partial charge on any atom is 0.153 e. The molecule has 0 radical (unpaired) electrons. The number of fused-ring (bicyclic) bond motifs is 12. The molecule has 6 aromatic heterocycles. The summed E-state index contributed by atoms with van der Waals surface area (Å²) in [4.78, 5) is 8.99. The van der Waals surface area contributed by atoms with Gasteiger partial charge in [0.25, 0.3) is 0 Å². The van der Waals surface area contributed by atoms with E-state index in [1.807, 2.05) is 35.9 Å². The number of benzene rings is 6. The third-order valence-electron chi connectivity index (χ3n) is 10.7. The molecule has 6 heterocycles. The molecule has 242 valence electrons. The Morgan fingerprint density at radius 3 is 2.00 bits per heavy atom. The van der Waals surface area contributed by atoms with E-state index in [1.165, 1.54) is 75.2 Å². The number of thiophene rings is 1. The Kier molecular flexibility index (Phi) is 5.59. The summed E-state index contributed by atoms with van der Waals surface area (Å²) in [6.45, 7) is 0. The fourth-order valence-electron chi connectivity index (χ4n) is 8.38. The minimum absolute atomic E-state index is 0.802. The lowest BCUT2D eigenvalue weighted by atomic mass is 10.0. The highest BCUT2D eigenvalue weighted by Crippen LogP contribution is 2.42. The molecule has 0 bridgehead atoms. The summed E-state index contributed by atoms with van der Waals surface area (Å²) in [5.74, 6) is 0. The highest BCUT2D eigenvalue weighted by atomic mass is 32.1. The van der Waals surface area contributed by atoms with Gasteiger partial charge < -0.3 is 13.6 Å². The predicted molar refractivity (Wildman–Crippen MR) is 216 cm³/mol. The quantitative estimate of drug-likeness (QED) is 0.186. The molecule has 0 spiro atoms. The standard InChI is InChI=1S/C46H26N4OS/c1-3-10-37-30(7-1)34-23-27(14-17-39(34)49(37)29-16-19-42-36(25-29)32-20-22-47-26-43(32)51-42)28-15-18-40-35(24-28)31-8-2-4-11-38(31)50(40)41-12-5-9-33-45-44(52-46(33)41)13-6-21-48-45/h1-26H. The summed E-state index contributed by atoms with van der Waals surface area (Å²) in [6.07, 6.45) is 5.50. The van der Waals surface area contributed by atoms with Gasteiger partial charge in [0.15, 0.2) is 5.58 Å². The van der Waals surface area contributed by atoms with Crippen molar-refractivity contribution >= 4 is 97.2 Å². The van der Waals surface area contributed by atoms with E-state index >= 15 is 0 Å². The number of para-hydroxylation sites is 2. The molecule has 6 aromatic carbocycles. The van der Waals surface area contributed by atoms with Gasteiger partial charge in [-0.2, -0.15) is 0 Å². The molecule has 0 saturated carbocycles. The van der Waals surface area contributed by atoms with Crippen LogP contribution in [0.5, 0.6) is 0 Å². The SMILES string of the molecule is c1cnc2c(c1)sc1c(-n3c4ccccc4c4cc(-c5ccc6c(c5)c5ccccc5n6-c5ccc6oc7cnccc7c6c5)ccc43)cccc12. The Labute approximate surface area is 300 Å². The van der Waals surface area contributed by atoms with Crippen LogP contribution in [0.15, 0.2) is 163 Å². The van der Waals surface area contributed by atoms with Crippen molar-refractivity contribution in [3.8, 4) is 22.5 Å². The van der Waals surface area contributed by atoms with Crippen LogP contribution in [0.3, 0.4) is 0 Å². The fourth-order valence-corrected chi connectivity index (χ4v) is 9.55. The second-order valence-electron chi connectivity index (χ2n) is 13.4. The van der Waals surface area contributed by atoms with Crippen molar-refractivity contribution in [1.29, 1.82) is 0 Å². The molecule has 6 heteroatoms. The van der Waals surface area contributed by atoms with Crippen LogP contribution >= 0.6 is 11.3 Å². The van der Waals surface area contributed by atoms with Crippen molar-refractivity contribution in [3.05, 3.63) is 158 Å². The van der Waals surface area contributed by atoms with Crippen molar-refractivity contribution in [1.82, 2.24) is 19.1 Å². The summed E-state index contributed by atoms with van der Waals surface area (Å²) in [7, 11) is 0. The lowest BCUT2D eigenvalue weighted by Crippen LogP contribution is -1.94. The summed E-state index contributed by atoms with van der Waals surface area (Å²) in [6, 6.07) is 50.6. The van der Waals surface area contributed by atoms with Gasteiger partial charge in [0, 0.05) is 55.8 Å². The van der Waals surface area contributed by atoms with Crippen LogP contribution in [0.25, 0.3) is 108 Å². The zero-order valence-electron chi connectivity index (χ0n) is 27.6. The molecule has 52 heavy (non-hydrogen) atoms. The second kappa shape index (κ2) is 10.4. The number of aromatic nitrogens is 4. The molecule has 12 aromatic rings. The monoisotopic (exact) mass is 682 g/mol. The van der Waals surface area contributed by atoms with E-state index < -0.39 is 0 Å². The van der Waals surface area contributed by atoms with E-state index in [2.05, 4.69) is 142 Å². The molecule has 5 nitrogen and oxygen atoms in total. The van der Waals surface area contributed by atoms with Crippen molar-refractivity contribution in [2.24, 2.45) is 0 Å². The molecule has 0 unspecified atom stereocenters. The molecule has 0 saturated heterocycles. The van der Waals surface area contributed by atoms with E-state index in [-0.39, 0.29) is 0 Å². The van der Waals surface area contributed by atoms with E-state index in [9.17, 15) is 0 Å². The molecule has 0 aliphatic heterocycles. The minimum Gasteiger partial charge on any atom is -0.454 e. The normalized spacial score (nSPS) is 12.2. The predicted octanol–water partition coefficient (Wildman–Crippen LogP) is 12.6. The Morgan fingerprint density at radius 2 is 1.19 bits per heavy atom. The second-order valence-corrected chi connectivity index (χ2v) is 14.5. The lowest BCUT2D eigenvalue weighted by Gasteiger charge is -2.10. The minimum atomic E-state index is 0.802. The number of hydrogen-bond acceptors (Lipinski definition) is 4. The largest absolute Gasteiger partial charge is 0.454 e. The fraction of sp³-hybridized carbons (Fsp3) is 0. The summed E-state index contributed by atoms with van der Waals surface area (Å²) < 4.78 is 13.4. The van der Waals surface area contributed by atoms with Crippen LogP contribution in [0, 0.1) is 0 Å². The van der Waals surface area contributed by atoms with Crippen LogP contribution in [-0.2, 0) is 0 Å². The van der Waals surface area contributed by atoms with E-state index in [0.717, 1.165) is 33.1 Å². The van der Waals surface area contributed by atoms with Crippen molar-refractivity contribution in [2.75, 3.05) is 0 Å². The van der Waals surface area contributed by atoms with Gasteiger partial charge >= 0.3 is 0 Å². The van der Waals surface area contributed by atoms with Gasteiger partial charge in [0.05, 0.1) is 48.9 Å². The molecule has 0 N–H and O–H groups in total. The first-order valence-electron chi connectivity index (χ1n) is 17.4. The Bertz CT molecular complexity index is 3430. The average molecular weight is 683 g/mol. The number of hydrogen-bond donors (Lipinski definition) is 0. The lowest BCUT2D eigenvalue weighted by molar-refractivity contribution is 0.667. The van der Waals surface area contributed by atoms with Crippen LogP contribution in [0.2, 0.25) is 0 Å². The van der Waals surface area contributed by atoms with E-state index in [4.69, 9.17) is 9.40 Å². The first kappa shape index (κ1) is 28.0. The van der Waals surface area contributed by atoms with Crippen LogP contribution < -0.4 is 0 Å². The van der Waals surface area contributed by atoms with Gasteiger partial charge in [-0.05, 0) is 90.0 Å². The number of rotatable bonds is 3. The van der Waals surface area contributed by atoms with Gasteiger partial charge in [-0.3, -0.25) is 9.97 Å². The number of furan rings is 1. The number of pyridine rings is 2. The van der Waals surface area contributed by atoms with Crippen molar-refractivity contribution < 1.29 is 4.42 Å². The van der Waals surface area contributed by atoms with Crippen LogP contribution in [0.1, 0.15) is 0 Å². The van der Waals surface area contributed by atoms with Gasteiger partial charge in [-0.25, -0.2) is 0 Å². The molecular formula is C46H26N4OS. The topological polar surface area (TPSA) is 48.8 Å². The highest BCUT2D eigenvalue weighted by Gasteiger charge is 2.19.